The molecule has 1 aliphatic rings. The van der Waals surface area contributed by atoms with Crippen LogP contribution in [-0.2, 0) is 9.53 Å². The highest BCUT2D eigenvalue weighted by molar-refractivity contribution is 7.17. The molecular weight excluding hydrogens is 310 g/mol. The molecule has 1 fully saturated rings. The van der Waals surface area contributed by atoms with E-state index in [1.165, 1.54) is 10.1 Å². The molecule has 2 heterocycles. The Balaban J connectivity index is 1.61. The van der Waals surface area contributed by atoms with Gasteiger partial charge in [-0.3, -0.25) is 9.69 Å². The molecule has 0 bridgehead atoms. The van der Waals surface area contributed by atoms with Crippen LogP contribution in [0.2, 0.25) is 0 Å². The number of nitrogens with zero attached hydrogens (tertiary/aromatic N) is 1. The van der Waals surface area contributed by atoms with Gasteiger partial charge in [0.1, 0.15) is 24.1 Å². The standard InChI is InChI=1S/C18H23NO3S/c1-18(2,3)22-17(20)15-5-4-9-19(15)12-21-14-6-7-16-13(11-14)8-10-23-16/h6-8,10-11,15H,4-5,9,12H2,1-3H3. The monoisotopic (exact) mass is 333 g/mol. The molecule has 23 heavy (non-hydrogen) atoms. The van der Waals surface area contributed by atoms with E-state index in [4.69, 9.17) is 9.47 Å². The second-order valence-corrected chi connectivity index (χ2v) is 7.85. The summed E-state index contributed by atoms with van der Waals surface area (Å²) in [6, 6.07) is 8.00. The van der Waals surface area contributed by atoms with Gasteiger partial charge in [-0.25, -0.2) is 0 Å². The normalized spacial score (nSPS) is 19.2. The van der Waals surface area contributed by atoms with Crippen molar-refractivity contribution in [2.24, 2.45) is 0 Å². The van der Waals surface area contributed by atoms with Gasteiger partial charge in [0.15, 0.2) is 0 Å². The van der Waals surface area contributed by atoms with E-state index >= 15 is 0 Å². The molecule has 1 unspecified atom stereocenters. The maximum absolute atomic E-state index is 12.3. The first-order valence-electron chi connectivity index (χ1n) is 7.99. The molecule has 4 nitrogen and oxygen atoms in total. The third kappa shape index (κ3) is 4.03. The number of ether oxygens (including phenoxy) is 2. The molecule has 0 saturated carbocycles. The van der Waals surface area contributed by atoms with E-state index < -0.39 is 5.60 Å². The second-order valence-electron chi connectivity index (χ2n) is 6.90. The Kier molecular flexibility index (Phi) is 4.60. The van der Waals surface area contributed by atoms with E-state index in [0.717, 1.165) is 25.1 Å². The van der Waals surface area contributed by atoms with Crippen molar-refractivity contribution >= 4 is 27.4 Å². The summed E-state index contributed by atoms with van der Waals surface area (Å²) in [6.45, 7) is 6.98. The largest absolute Gasteiger partial charge is 0.478 e. The maximum Gasteiger partial charge on any atom is 0.323 e. The molecule has 0 spiro atoms. The predicted octanol–water partition coefficient (Wildman–Crippen LogP) is 4.04. The predicted molar refractivity (Wildman–Crippen MR) is 92.9 cm³/mol. The van der Waals surface area contributed by atoms with Gasteiger partial charge in [0.05, 0.1) is 0 Å². The van der Waals surface area contributed by atoms with E-state index in [0.29, 0.717) is 6.73 Å². The molecule has 5 heteroatoms. The topological polar surface area (TPSA) is 38.8 Å². The van der Waals surface area contributed by atoms with Crippen molar-refractivity contribution in [2.75, 3.05) is 13.3 Å². The van der Waals surface area contributed by atoms with Crippen LogP contribution in [0.3, 0.4) is 0 Å². The van der Waals surface area contributed by atoms with Crippen molar-refractivity contribution in [1.29, 1.82) is 0 Å². The number of rotatable bonds is 4. The minimum Gasteiger partial charge on any atom is -0.478 e. The van der Waals surface area contributed by atoms with E-state index in [1.54, 1.807) is 11.3 Å². The average Bonchev–Trinajstić information content (AvgIpc) is 3.11. The van der Waals surface area contributed by atoms with Crippen molar-refractivity contribution < 1.29 is 14.3 Å². The summed E-state index contributed by atoms with van der Waals surface area (Å²) in [6.07, 6.45) is 1.83. The number of thiophene rings is 1. The number of likely N-dealkylation sites (tertiary alicyclic amines) is 1. The van der Waals surface area contributed by atoms with E-state index in [2.05, 4.69) is 22.4 Å². The van der Waals surface area contributed by atoms with E-state index in [-0.39, 0.29) is 12.0 Å². The molecule has 1 aromatic carbocycles. The number of carbonyl (C=O) groups is 1. The van der Waals surface area contributed by atoms with Crippen molar-refractivity contribution in [1.82, 2.24) is 4.90 Å². The van der Waals surface area contributed by atoms with Crippen LogP contribution in [0.25, 0.3) is 10.1 Å². The third-order valence-electron chi connectivity index (χ3n) is 3.86. The first kappa shape index (κ1) is 16.3. The number of carbonyl (C=O) groups excluding carboxylic acids is 1. The zero-order chi connectivity index (χ0) is 16.4. The number of fused-ring (bicyclic) bond motifs is 1. The first-order chi connectivity index (χ1) is 10.9. The van der Waals surface area contributed by atoms with Gasteiger partial charge >= 0.3 is 5.97 Å². The Labute approximate surface area is 141 Å². The Morgan fingerprint density at radius 1 is 1.35 bits per heavy atom. The van der Waals surface area contributed by atoms with Crippen molar-refractivity contribution in [3.8, 4) is 5.75 Å². The molecular formula is C18H23NO3S. The Morgan fingerprint density at radius 3 is 2.96 bits per heavy atom. The smallest absolute Gasteiger partial charge is 0.323 e. The fraction of sp³-hybridized carbons (Fsp3) is 0.500. The Morgan fingerprint density at radius 2 is 2.17 bits per heavy atom. The molecule has 124 valence electrons. The lowest BCUT2D eigenvalue weighted by molar-refractivity contribution is -0.161. The molecule has 1 atom stereocenters. The molecule has 0 N–H and O–H groups in total. The van der Waals surface area contributed by atoms with Crippen LogP contribution in [0.4, 0.5) is 0 Å². The first-order valence-corrected chi connectivity index (χ1v) is 8.87. The minimum absolute atomic E-state index is 0.146. The van der Waals surface area contributed by atoms with E-state index in [1.807, 2.05) is 32.9 Å². The summed E-state index contributed by atoms with van der Waals surface area (Å²) in [5.74, 6) is 0.692. The average molecular weight is 333 g/mol. The maximum atomic E-state index is 12.3. The molecule has 0 radical (unpaired) electrons. The van der Waals surface area contributed by atoms with Crippen LogP contribution in [0.5, 0.6) is 5.75 Å². The van der Waals surface area contributed by atoms with Gasteiger partial charge in [0.2, 0.25) is 0 Å². The quantitative estimate of drug-likeness (QED) is 0.792. The van der Waals surface area contributed by atoms with Crippen LogP contribution in [0.15, 0.2) is 29.6 Å². The Bertz CT molecular complexity index is 689. The van der Waals surface area contributed by atoms with Crippen molar-refractivity contribution in [3.63, 3.8) is 0 Å². The molecule has 1 saturated heterocycles. The number of esters is 1. The lowest BCUT2D eigenvalue weighted by Gasteiger charge is -2.27. The molecule has 1 aromatic heterocycles. The minimum atomic E-state index is -0.448. The summed E-state index contributed by atoms with van der Waals surface area (Å²) < 4.78 is 12.7. The fourth-order valence-corrected chi connectivity index (χ4v) is 3.58. The lowest BCUT2D eigenvalue weighted by atomic mass is 10.1. The zero-order valence-corrected chi connectivity index (χ0v) is 14.7. The summed E-state index contributed by atoms with van der Waals surface area (Å²) in [4.78, 5) is 14.4. The number of benzene rings is 1. The number of hydrogen-bond acceptors (Lipinski definition) is 5. The van der Waals surface area contributed by atoms with Crippen molar-refractivity contribution in [3.05, 3.63) is 29.6 Å². The van der Waals surface area contributed by atoms with E-state index in [9.17, 15) is 4.79 Å². The van der Waals surface area contributed by atoms with Gasteiger partial charge < -0.3 is 9.47 Å². The number of hydrogen-bond donors (Lipinski definition) is 0. The zero-order valence-electron chi connectivity index (χ0n) is 13.9. The molecule has 1 aliphatic heterocycles. The molecule has 2 aromatic rings. The van der Waals surface area contributed by atoms with Crippen LogP contribution in [0, 0.1) is 0 Å². The van der Waals surface area contributed by atoms with Gasteiger partial charge in [-0.2, -0.15) is 0 Å². The summed E-state index contributed by atoms with van der Waals surface area (Å²) in [5, 5.41) is 3.27. The highest BCUT2D eigenvalue weighted by Gasteiger charge is 2.34. The lowest BCUT2D eigenvalue weighted by Crippen LogP contribution is -2.42. The highest BCUT2D eigenvalue weighted by atomic mass is 32.1. The summed E-state index contributed by atoms with van der Waals surface area (Å²) >= 11 is 1.72. The van der Waals surface area contributed by atoms with Gasteiger partial charge in [-0.15, -0.1) is 11.3 Å². The van der Waals surface area contributed by atoms with Crippen LogP contribution < -0.4 is 4.74 Å². The molecule has 0 aliphatic carbocycles. The summed E-state index contributed by atoms with van der Waals surface area (Å²) in [5.41, 5.74) is -0.448. The van der Waals surface area contributed by atoms with Crippen LogP contribution >= 0.6 is 11.3 Å². The van der Waals surface area contributed by atoms with Gasteiger partial charge in [-0.1, -0.05) is 0 Å². The Hall–Kier alpha value is -1.59. The van der Waals surface area contributed by atoms with Gasteiger partial charge in [0.25, 0.3) is 0 Å². The molecule has 0 amide bonds. The third-order valence-corrected chi connectivity index (χ3v) is 4.76. The SMILES string of the molecule is CC(C)(C)OC(=O)C1CCCN1COc1ccc2sccc2c1. The molecule has 3 rings (SSSR count). The summed E-state index contributed by atoms with van der Waals surface area (Å²) in [7, 11) is 0. The highest BCUT2D eigenvalue weighted by Crippen LogP contribution is 2.26. The van der Waals surface area contributed by atoms with Gasteiger partial charge in [-0.05, 0) is 68.6 Å². The fourth-order valence-electron chi connectivity index (χ4n) is 2.81. The van der Waals surface area contributed by atoms with Crippen LogP contribution in [0.1, 0.15) is 33.6 Å². The van der Waals surface area contributed by atoms with Gasteiger partial charge in [0, 0.05) is 11.2 Å². The van der Waals surface area contributed by atoms with Crippen LogP contribution in [-0.4, -0.2) is 35.8 Å². The second kappa shape index (κ2) is 6.49. The van der Waals surface area contributed by atoms with Crippen molar-refractivity contribution in [2.45, 2.75) is 45.3 Å².